The molecule has 16 heavy (non-hydrogen) atoms. The van der Waals surface area contributed by atoms with Crippen molar-refractivity contribution in [2.75, 3.05) is 18.5 Å². The van der Waals surface area contributed by atoms with Crippen molar-refractivity contribution in [2.24, 2.45) is 0 Å². The summed E-state index contributed by atoms with van der Waals surface area (Å²) in [6, 6.07) is 10.3. The molecule has 1 aliphatic heterocycles. The molecule has 2 atom stereocenters. The van der Waals surface area contributed by atoms with Crippen molar-refractivity contribution in [3.05, 3.63) is 35.9 Å². The van der Waals surface area contributed by atoms with E-state index in [0.717, 1.165) is 25.0 Å². The van der Waals surface area contributed by atoms with Crippen molar-refractivity contribution in [1.82, 2.24) is 0 Å². The minimum absolute atomic E-state index is 0.225. The van der Waals surface area contributed by atoms with E-state index in [1.165, 1.54) is 5.56 Å². The average molecular weight is 285 g/mol. The maximum absolute atomic E-state index is 6.16. The lowest BCUT2D eigenvalue weighted by Gasteiger charge is -2.31. The predicted molar refractivity (Wildman–Crippen MR) is 67.9 cm³/mol. The second-order valence-electron chi connectivity index (χ2n) is 4.33. The summed E-state index contributed by atoms with van der Waals surface area (Å²) in [5.41, 5.74) is 0.943. The highest BCUT2D eigenvalue weighted by Gasteiger charge is 2.31. The minimum Gasteiger partial charge on any atom is -0.379 e. The van der Waals surface area contributed by atoms with E-state index in [9.17, 15) is 0 Å². The molecule has 0 aromatic heterocycles. The molecule has 0 N–H and O–H groups in total. The molecule has 0 amide bonds. The van der Waals surface area contributed by atoms with E-state index in [1.807, 2.05) is 18.2 Å². The molecule has 1 fully saturated rings. The van der Waals surface area contributed by atoms with Gasteiger partial charge < -0.3 is 9.47 Å². The van der Waals surface area contributed by atoms with Gasteiger partial charge in [-0.05, 0) is 18.9 Å². The lowest BCUT2D eigenvalue weighted by molar-refractivity contribution is -0.0726. The molecular weight excluding hydrogens is 268 g/mol. The predicted octanol–water partition coefficient (Wildman–Crippen LogP) is 3.10. The van der Waals surface area contributed by atoms with E-state index < -0.39 is 0 Å². The van der Waals surface area contributed by atoms with Crippen molar-refractivity contribution in [2.45, 2.75) is 25.0 Å². The van der Waals surface area contributed by atoms with Crippen LogP contribution in [0.4, 0.5) is 0 Å². The molecule has 88 valence electrons. The van der Waals surface area contributed by atoms with Gasteiger partial charge in [0.15, 0.2) is 0 Å². The molecule has 0 saturated carbocycles. The lowest BCUT2D eigenvalue weighted by Crippen LogP contribution is -2.33. The molecule has 2 unspecified atom stereocenters. The van der Waals surface area contributed by atoms with Crippen LogP contribution in [0.5, 0.6) is 0 Å². The fourth-order valence-electron chi connectivity index (χ4n) is 1.94. The summed E-state index contributed by atoms with van der Waals surface area (Å²) < 4.78 is 11.5. The first kappa shape index (κ1) is 12.1. The number of rotatable bonds is 4. The maximum Gasteiger partial charge on any atom is 0.100 e. The van der Waals surface area contributed by atoms with Gasteiger partial charge in [-0.2, -0.15) is 0 Å². The van der Waals surface area contributed by atoms with Crippen LogP contribution < -0.4 is 0 Å². The monoisotopic (exact) mass is 284 g/mol. The number of hydrogen-bond donors (Lipinski definition) is 0. The summed E-state index contributed by atoms with van der Waals surface area (Å²) in [7, 11) is 0. The third kappa shape index (κ3) is 2.65. The quantitative estimate of drug-likeness (QED) is 0.791. The van der Waals surface area contributed by atoms with E-state index in [4.69, 9.17) is 9.47 Å². The van der Waals surface area contributed by atoms with Crippen LogP contribution in [0.1, 0.15) is 18.9 Å². The number of ether oxygens (including phenoxy) is 2. The van der Waals surface area contributed by atoms with Crippen LogP contribution in [0.3, 0.4) is 0 Å². The van der Waals surface area contributed by atoms with E-state index in [-0.39, 0.29) is 11.7 Å². The summed E-state index contributed by atoms with van der Waals surface area (Å²) in [5, 5.41) is 0.792. The Morgan fingerprint density at radius 3 is 2.75 bits per heavy atom. The van der Waals surface area contributed by atoms with Gasteiger partial charge in [-0.1, -0.05) is 46.3 Å². The molecule has 2 nitrogen and oxygen atoms in total. The Kier molecular flexibility index (Phi) is 4.00. The molecule has 0 bridgehead atoms. The van der Waals surface area contributed by atoms with Crippen LogP contribution in [0.15, 0.2) is 30.3 Å². The zero-order chi connectivity index (χ0) is 11.4. The summed E-state index contributed by atoms with van der Waals surface area (Å²) in [4.78, 5) is 0. The van der Waals surface area contributed by atoms with Crippen molar-refractivity contribution in [1.29, 1.82) is 0 Å². The molecule has 3 heteroatoms. The van der Waals surface area contributed by atoms with Crippen molar-refractivity contribution in [3.8, 4) is 0 Å². The molecular formula is C13H17BrO2. The lowest BCUT2D eigenvalue weighted by atomic mass is 9.98. The van der Waals surface area contributed by atoms with Gasteiger partial charge in [0.2, 0.25) is 0 Å². The van der Waals surface area contributed by atoms with Crippen LogP contribution >= 0.6 is 15.9 Å². The zero-order valence-corrected chi connectivity index (χ0v) is 11.1. The Bertz CT molecular complexity index is 322. The first-order chi connectivity index (χ1) is 7.74. The minimum atomic E-state index is -0.264. The van der Waals surface area contributed by atoms with E-state index in [0.29, 0.717) is 0 Å². The van der Waals surface area contributed by atoms with Crippen LogP contribution in [0.2, 0.25) is 0 Å². The van der Waals surface area contributed by atoms with Gasteiger partial charge in [-0.25, -0.2) is 0 Å². The van der Waals surface area contributed by atoms with Crippen LogP contribution in [-0.2, 0) is 15.1 Å². The number of halogens is 1. The highest BCUT2D eigenvalue weighted by Crippen LogP contribution is 2.30. The van der Waals surface area contributed by atoms with Gasteiger partial charge in [0.1, 0.15) is 5.60 Å². The SMILES string of the molecule is CC(CBr)(OC1CCOC1)c1ccccc1. The first-order valence-corrected chi connectivity index (χ1v) is 6.74. The number of benzene rings is 1. The van der Waals surface area contributed by atoms with Gasteiger partial charge in [0, 0.05) is 11.9 Å². The van der Waals surface area contributed by atoms with Crippen LogP contribution in [-0.4, -0.2) is 24.6 Å². The number of hydrogen-bond acceptors (Lipinski definition) is 2. The van der Waals surface area contributed by atoms with E-state index >= 15 is 0 Å². The molecule has 0 spiro atoms. The molecule has 2 rings (SSSR count). The summed E-state index contributed by atoms with van der Waals surface area (Å²) in [6.07, 6.45) is 1.22. The smallest absolute Gasteiger partial charge is 0.100 e. The largest absolute Gasteiger partial charge is 0.379 e. The molecule has 1 heterocycles. The Morgan fingerprint density at radius 2 is 2.19 bits per heavy atom. The molecule has 1 aromatic rings. The van der Waals surface area contributed by atoms with Gasteiger partial charge >= 0.3 is 0 Å². The summed E-state index contributed by atoms with van der Waals surface area (Å²) in [5.74, 6) is 0. The zero-order valence-electron chi connectivity index (χ0n) is 9.49. The van der Waals surface area contributed by atoms with Gasteiger partial charge in [0.05, 0.1) is 12.7 Å². The highest BCUT2D eigenvalue weighted by atomic mass is 79.9. The molecule has 1 aliphatic rings. The van der Waals surface area contributed by atoms with Crippen LogP contribution in [0, 0.1) is 0 Å². The normalized spacial score (nSPS) is 24.2. The average Bonchev–Trinajstić information content (AvgIpc) is 2.83. The second-order valence-corrected chi connectivity index (χ2v) is 4.89. The highest BCUT2D eigenvalue weighted by molar-refractivity contribution is 9.09. The summed E-state index contributed by atoms with van der Waals surface area (Å²) in [6.45, 7) is 3.66. The Morgan fingerprint density at radius 1 is 1.44 bits per heavy atom. The Labute approximate surface area is 105 Å². The maximum atomic E-state index is 6.16. The molecule has 1 saturated heterocycles. The fraction of sp³-hybridized carbons (Fsp3) is 0.538. The molecule has 0 aliphatic carbocycles. The third-order valence-corrected chi connectivity index (χ3v) is 4.02. The van der Waals surface area contributed by atoms with Crippen LogP contribution in [0.25, 0.3) is 0 Å². The van der Waals surface area contributed by atoms with E-state index in [1.54, 1.807) is 0 Å². The Hall–Kier alpha value is -0.380. The standard InChI is InChI=1S/C13H17BrO2/c1-13(10-14,11-5-3-2-4-6-11)16-12-7-8-15-9-12/h2-6,12H,7-10H2,1H3. The second kappa shape index (κ2) is 5.30. The van der Waals surface area contributed by atoms with Gasteiger partial charge in [0.25, 0.3) is 0 Å². The topological polar surface area (TPSA) is 18.5 Å². The fourth-order valence-corrected chi connectivity index (χ4v) is 2.40. The van der Waals surface area contributed by atoms with Crippen molar-refractivity contribution in [3.63, 3.8) is 0 Å². The first-order valence-electron chi connectivity index (χ1n) is 5.62. The van der Waals surface area contributed by atoms with Gasteiger partial charge in [-0.3, -0.25) is 0 Å². The summed E-state index contributed by atoms with van der Waals surface area (Å²) >= 11 is 3.55. The van der Waals surface area contributed by atoms with E-state index in [2.05, 4.69) is 35.0 Å². The molecule has 0 radical (unpaired) electrons. The third-order valence-electron chi connectivity index (χ3n) is 2.95. The van der Waals surface area contributed by atoms with Gasteiger partial charge in [-0.15, -0.1) is 0 Å². The molecule has 1 aromatic carbocycles. The van der Waals surface area contributed by atoms with Crippen molar-refractivity contribution >= 4 is 15.9 Å². The van der Waals surface area contributed by atoms with Crippen molar-refractivity contribution < 1.29 is 9.47 Å². The Balaban J connectivity index is 2.12. The number of alkyl halides is 1.